The van der Waals surface area contributed by atoms with Crippen molar-refractivity contribution in [2.24, 2.45) is 0 Å². The Labute approximate surface area is 176 Å². The van der Waals surface area contributed by atoms with Crippen molar-refractivity contribution >= 4 is 23.3 Å². The fourth-order valence-electron chi connectivity index (χ4n) is 3.48. The molecule has 1 heterocycles. The predicted octanol–water partition coefficient (Wildman–Crippen LogP) is 5.51. The van der Waals surface area contributed by atoms with Gasteiger partial charge in [-0.05, 0) is 47.0 Å². The molecule has 0 bridgehead atoms. The Morgan fingerprint density at radius 3 is 2.48 bits per heavy atom. The van der Waals surface area contributed by atoms with Crippen molar-refractivity contribution in [1.29, 1.82) is 0 Å². The summed E-state index contributed by atoms with van der Waals surface area (Å²) in [6.07, 6.45) is 0.721. The number of benzene rings is 3. The fourth-order valence-corrected chi connectivity index (χ4v) is 3.61. The van der Waals surface area contributed by atoms with Gasteiger partial charge in [-0.15, -0.1) is 0 Å². The zero-order valence-electron chi connectivity index (χ0n) is 16.2. The van der Waals surface area contributed by atoms with Crippen LogP contribution < -0.4 is 4.90 Å². The number of urea groups is 1. The van der Waals surface area contributed by atoms with Gasteiger partial charge in [0.05, 0.1) is 5.69 Å². The number of amides is 2. The highest BCUT2D eigenvalue weighted by molar-refractivity contribution is 6.30. The van der Waals surface area contributed by atoms with Gasteiger partial charge in [-0.3, -0.25) is 4.90 Å². The molecule has 0 atom stereocenters. The Kier molecular flexibility index (Phi) is 5.55. The van der Waals surface area contributed by atoms with Crippen LogP contribution in [0, 0.1) is 11.8 Å². The Morgan fingerprint density at radius 2 is 1.72 bits per heavy atom. The van der Waals surface area contributed by atoms with Crippen LogP contribution in [0.4, 0.5) is 10.5 Å². The summed E-state index contributed by atoms with van der Waals surface area (Å²) < 4.78 is 0. The molecule has 0 spiro atoms. The summed E-state index contributed by atoms with van der Waals surface area (Å²) in [6.45, 7) is 1.11. The molecule has 29 heavy (non-hydrogen) atoms. The van der Waals surface area contributed by atoms with Crippen molar-refractivity contribution in [2.45, 2.75) is 19.5 Å². The van der Waals surface area contributed by atoms with Crippen LogP contribution in [0.2, 0.25) is 5.02 Å². The Balaban J connectivity index is 1.53. The van der Waals surface area contributed by atoms with Gasteiger partial charge in [0, 0.05) is 37.1 Å². The van der Waals surface area contributed by atoms with Gasteiger partial charge in [-0.1, -0.05) is 65.9 Å². The van der Waals surface area contributed by atoms with Crippen LogP contribution in [0.3, 0.4) is 0 Å². The van der Waals surface area contributed by atoms with E-state index in [4.69, 9.17) is 11.6 Å². The van der Waals surface area contributed by atoms with Crippen LogP contribution in [0.15, 0.2) is 72.8 Å². The number of fused-ring (bicyclic) bond motifs is 1. The van der Waals surface area contributed by atoms with Crippen LogP contribution in [-0.2, 0) is 19.5 Å². The van der Waals surface area contributed by atoms with Crippen molar-refractivity contribution in [3.05, 3.63) is 100 Å². The number of halogens is 1. The fraction of sp³-hybridized carbons (Fsp3) is 0.160. The number of nitrogens with zero attached hydrogens (tertiary/aromatic N) is 2. The first-order valence-corrected chi connectivity index (χ1v) is 9.91. The van der Waals surface area contributed by atoms with E-state index in [1.54, 1.807) is 4.90 Å². The van der Waals surface area contributed by atoms with Gasteiger partial charge in [0.25, 0.3) is 0 Å². The minimum absolute atomic E-state index is 0.00429. The maximum absolute atomic E-state index is 12.8. The topological polar surface area (TPSA) is 23.6 Å². The van der Waals surface area contributed by atoms with Gasteiger partial charge in [-0.2, -0.15) is 0 Å². The molecule has 0 fully saturated rings. The van der Waals surface area contributed by atoms with E-state index < -0.39 is 0 Å². The minimum Gasteiger partial charge on any atom is -0.316 e. The van der Waals surface area contributed by atoms with Gasteiger partial charge >= 0.3 is 6.03 Å². The molecule has 1 aliphatic rings. The first kappa shape index (κ1) is 19.1. The van der Waals surface area contributed by atoms with Gasteiger partial charge < -0.3 is 4.90 Å². The smallest absolute Gasteiger partial charge is 0.316 e. The second-order valence-electron chi connectivity index (χ2n) is 7.13. The molecule has 4 heteroatoms. The van der Waals surface area contributed by atoms with Crippen molar-refractivity contribution in [2.75, 3.05) is 11.9 Å². The van der Waals surface area contributed by atoms with Crippen LogP contribution in [0.25, 0.3) is 0 Å². The first-order valence-electron chi connectivity index (χ1n) is 9.53. The first-order chi connectivity index (χ1) is 14.1. The Hall–Kier alpha value is -3.22. The molecule has 3 aromatic rings. The molecule has 3 nitrogen and oxygen atoms in total. The molecule has 0 saturated heterocycles. The molecule has 2 amide bonds. The second kappa shape index (κ2) is 8.43. The molecule has 0 N–H and O–H groups in total. The zero-order chi connectivity index (χ0) is 20.2. The van der Waals surface area contributed by atoms with Gasteiger partial charge in [-0.25, -0.2) is 4.79 Å². The highest BCUT2D eigenvalue weighted by Crippen LogP contribution is 2.29. The summed E-state index contributed by atoms with van der Waals surface area (Å²) in [4.78, 5) is 16.3. The predicted molar refractivity (Wildman–Crippen MR) is 118 cm³/mol. The van der Waals surface area contributed by atoms with Gasteiger partial charge in [0.15, 0.2) is 0 Å². The maximum atomic E-state index is 12.8. The van der Waals surface area contributed by atoms with Crippen LogP contribution in [-0.4, -0.2) is 18.0 Å². The molecule has 144 valence electrons. The summed E-state index contributed by atoms with van der Waals surface area (Å²) in [7, 11) is 1.82. The number of hydrogen-bond acceptors (Lipinski definition) is 1. The Morgan fingerprint density at radius 1 is 0.966 bits per heavy atom. The average Bonchev–Trinajstić information content (AvgIpc) is 2.74. The van der Waals surface area contributed by atoms with Crippen molar-refractivity contribution in [3.63, 3.8) is 0 Å². The summed E-state index contributed by atoms with van der Waals surface area (Å²) in [5.41, 5.74) is 5.27. The second-order valence-corrected chi connectivity index (χ2v) is 7.57. The molecule has 0 radical (unpaired) electrons. The summed E-state index contributed by atoms with van der Waals surface area (Å²) in [5.74, 6) is 6.50. The SMILES string of the molecule is CN1C(=O)N(Cc2ccc(Cl)cc2)Cc2cc(C#CCc3ccccc3)ccc21. The normalized spacial score (nSPS) is 13.0. The van der Waals surface area contributed by atoms with Crippen molar-refractivity contribution in [1.82, 2.24) is 4.90 Å². The standard InChI is InChI=1S/C25H21ClN2O/c1-27-24-15-12-20(9-5-8-19-6-3-2-4-7-19)16-22(24)18-28(25(27)29)17-21-10-13-23(26)14-11-21/h2-4,6-7,10-16H,8,17-18H2,1H3. The van der Waals surface area contributed by atoms with E-state index in [1.165, 1.54) is 5.56 Å². The number of anilines is 1. The Bertz CT molecular complexity index is 1080. The third kappa shape index (κ3) is 4.45. The molecule has 1 aliphatic heterocycles. The number of carbonyl (C=O) groups excluding carboxylic acids is 1. The van der Waals surface area contributed by atoms with Crippen molar-refractivity contribution in [3.8, 4) is 11.8 Å². The molecule has 0 saturated carbocycles. The lowest BCUT2D eigenvalue weighted by Crippen LogP contribution is -2.44. The molecule has 4 rings (SSSR count). The average molecular weight is 401 g/mol. The van der Waals surface area contributed by atoms with E-state index in [-0.39, 0.29) is 6.03 Å². The van der Waals surface area contributed by atoms with E-state index in [0.717, 1.165) is 28.8 Å². The monoisotopic (exact) mass is 400 g/mol. The third-order valence-corrected chi connectivity index (χ3v) is 5.27. The highest BCUT2D eigenvalue weighted by Gasteiger charge is 2.27. The third-order valence-electron chi connectivity index (χ3n) is 5.01. The largest absolute Gasteiger partial charge is 0.324 e. The number of rotatable bonds is 3. The van der Waals surface area contributed by atoms with Crippen molar-refractivity contribution < 1.29 is 4.79 Å². The highest BCUT2D eigenvalue weighted by atomic mass is 35.5. The lowest BCUT2D eigenvalue weighted by molar-refractivity contribution is 0.197. The lowest BCUT2D eigenvalue weighted by atomic mass is 10.0. The summed E-state index contributed by atoms with van der Waals surface area (Å²) in [5, 5.41) is 0.694. The maximum Gasteiger partial charge on any atom is 0.324 e. The lowest BCUT2D eigenvalue weighted by Gasteiger charge is -2.35. The molecular formula is C25H21ClN2O. The molecule has 0 unspecified atom stereocenters. The zero-order valence-corrected chi connectivity index (χ0v) is 17.0. The van der Waals surface area contributed by atoms with E-state index in [0.29, 0.717) is 18.1 Å². The molecule has 0 aliphatic carbocycles. The van der Waals surface area contributed by atoms with Crippen LogP contribution >= 0.6 is 11.6 Å². The molecular weight excluding hydrogens is 380 g/mol. The summed E-state index contributed by atoms with van der Waals surface area (Å²) >= 11 is 5.97. The van der Waals surface area contributed by atoms with Gasteiger partial charge in [0.1, 0.15) is 0 Å². The number of hydrogen-bond donors (Lipinski definition) is 0. The van der Waals surface area contributed by atoms with E-state index >= 15 is 0 Å². The molecule has 0 aromatic heterocycles. The quantitative estimate of drug-likeness (QED) is 0.532. The van der Waals surface area contributed by atoms with Crippen LogP contribution in [0.5, 0.6) is 0 Å². The van der Waals surface area contributed by atoms with Crippen LogP contribution in [0.1, 0.15) is 22.3 Å². The molecule has 3 aromatic carbocycles. The van der Waals surface area contributed by atoms with E-state index in [1.807, 2.05) is 66.5 Å². The number of carbonyl (C=O) groups is 1. The summed E-state index contributed by atoms with van der Waals surface area (Å²) in [6, 6.07) is 23.9. The van der Waals surface area contributed by atoms with E-state index in [9.17, 15) is 4.79 Å². The minimum atomic E-state index is -0.00429. The van der Waals surface area contributed by atoms with Gasteiger partial charge in [0.2, 0.25) is 0 Å². The van der Waals surface area contributed by atoms with E-state index in [2.05, 4.69) is 30.0 Å².